The number of hydrogen-bond acceptors (Lipinski definition) is 5. The maximum Gasteiger partial charge on any atom is 0.155 e. The fraction of sp³-hybridized carbons (Fsp3) is 0.434. The zero-order valence-electron chi connectivity index (χ0n) is 68.7. The van der Waals surface area contributed by atoms with Crippen molar-refractivity contribution >= 4 is 11.3 Å². The van der Waals surface area contributed by atoms with E-state index in [1.165, 1.54) is 79.0 Å². The molecule has 115 heavy (non-hydrogen) atoms. The van der Waals surface area contributed by atoms with Gasteiger partial charge in [-0.2, -0.15) is 0 Å². The van der Waals surface area contributed by atoms with Crippen molar-refractivity contribution in [2.45, 2.75) is 230 Å². The van der Waals surface area contributed by atoms with Crippen LogP contribution in [0.25, 0.3) is 5.57 Å². The SMILES string of the molecule is C=CC1=CCC(OCCCCC2=CCC(C3(c4ccc(C(C)(C)C)cc4)C4=C(C=CCC4)c4ccc(N(C5C=CC(F)=C(F)C5)C5C=CC6C(C5)OC5C=C(N(C7=CCC(F)C(F)=C7)C7=CC8C(CC7)C7=C(C=CCC7)C8(C7=CCC(CCCCOC8=CC=C(C=C)CC8)C=C7)C7=CC=C(C(C)(C)C)CC7)C=CC56)cc43)C=C2)C=C1. The lowest BCUT2D eigenvalue weighted by Crippen LogP contribution is -2.46. The molecule has 0 saturated carbocycles. The molecule has 15 aliphatic rings. The molecule has 2 aromatic carbocycles. The van der Waals surface area contributed by atoms with Gasteiger partial charge in [-0.1, -0.05) is 253 Å². The molecule has 0 N–H and O–H groups in total. The molecule has 0 aromatic heterocycles. The van der Waals surface area contributed by atoms with Crippen LogP contribution in [-0.4, -0.2) is 54.7 Å². The number of benzene rings is 2. The van der Waals surface area contributed by atoms with E-state index in [1.807, 2.05) is 24.3 Å². The van der Waals surface area contributed by atoms with Crippen molar-refractivity contribution in [3.63, 3.8) is 0 Å². The Morgan fingerprint density at radius 3 is 2.25 bits per heavy atom. The van der Waals surface area contributed by atoms with Gasteiger partial charge in [-0.15, -0.1) is 0 Å². The van der Waals surface area contributed by atoms with Gasteiger partial charge < -0.3 is 24.0 Å². The van der Waals surface area contributed by atoms with Gasteiger partial charge in [-0.3, -0.25) is 0 Å². The number of ether oxygens (including phenoxy) is 3. The molecule has 0 amide bonds. The van der Waals surface area contributed by atoms with Gasteiger partial charge in [0.15, 0.2) is 12.0 Å². The molecule has 1 heterocycles. The molecule has 0 bridgehead atoms. The molecule has 1 aliphatic heterocycles. The number of hydrogen-bond donors (Lipinski definition) is 0. The minimum absolute atomic E-state index is 0.00816. The van der Waals surface area contributed by atoms with Gasteiger partial charge in [-0.25, -0.2) is 17.6 Å². The van der Waals surface area contributed by atoms with Crippen LogP contribution in [0.5, 0.6) is 0 Å². The van der Waals surface area contributed by atoms with Gasteiger partial charge in [0.2, 0.25) is 0 Å². The van der Waals surface area contributed by atoms with Crippen molar-refractivity contribution in [1.29, 1.82) is 0 Å². The van der Waals surface area contributed by atoms with Gasteiger partial charge in [0.1, 0.15) is 11.7 Å². The van der Waals surface area contributed by atoms with E-state index < -0.39 is 40.5 Å². The second-order valence-corrected chi connectivity index (χ2v) is 37.1. The third-order valence-electron chi connectivity index (χ3n) is 28.3. The maximum atomic E-state index is 16.2. The lowest BCUT2D eigenvalue weighted by Gasteiger charge is -2.46. The van der Waals surface area contributed by atoms with E-state index >= 15 is 17.6 Å². The molecule has 14 atom stereocenters. The third-order valence-corrected chi connectivity index (χ3v) is 28.3. The molecule has 17 rings (SSSR count). The summed E-state index contributed by atoms with van der Waals surface area (Å²) in [4.78, 5) is 4.64. The van der Waals surface area contributed by atoms with Crippen molar-refractivity contribution in [2.24, 2.45) is 46.3 Å². The minimum atomic E-state index is -1.70. The van der Waals surface area contributed by atoms with Gasteiger partial charge >= 0.3 is 0 Å². The summed E-state index contributed by atoms with van der Waals surface area (Å²) in [6.07, 6.45) is 81.6. The van der Waals surface area contributed by atoms with Crippen LogP contribution in [-0.2, 0) is 25.0 Å². The molecular weight excluding hydrogens is 1430 g/mol. The Morgan fingerprint density at radius 2 is 1.51 bits per heavy atom. The molecule has 14 unspecified atom stereocenters. The Hall–Kier alpha value is -8.76. The van der Waals surface area contributed by atoms with E-state index in [1.54, 1.807) is 5.57 Å². The van der Waals surface area contributed by atoms with Gasteiger partial charge in [-0.05, 0) is 249 Å². The number of allylic oxidation sites excluding steroid dienone is 36. The molecule has 1 fully saturated rings. The molecule has 9 heteroatoms. The highest BCUT2D eigenvalue weighted by atomic mass is 19.2. The average Bonchev–Trinajstić information content (AvgIpc) is 1.55. The highest BCUT2D eigenvalue weighted by molar-refractivity contribution is 5.90. The Morgan fingerprint density at radius 1 is 0.661 bits per heavy atom. The summed E-state index contributed by atoms with van der Waals surface area (Å²) in [5.41, 5.74) is 21.7. The molecule has 1 saturated heterocycles. The van der Waals surface area contributed by atoms with E-state index in [4.69, 9.17) is 14.2 Å². The molecule has 598 valence electrons. The number of halogens is 4. The summed E-state index contributed by atoms with van der Waals surface area (Å²) in [7, 11) is 0. The molecule has 2 aromatic rings. The van der Waals surface area contributed by atoms with Crippen molar-refractivity contribution in [1.82, 2.24) is 4.90 Å². The first-order valence-corrected chi connectivity index (χ1v) is 43.7. The highest BCUT2D eigenvalue weighted by Crippen LogP contribution is 2.67. The summed E-state index contributed by atoms with van der Waals surface area (Å²) in [6, 6.07) is 15.8. The van der Waals surface area contributed by atoms with Gasteiger partial charge in [0.25, 0.3) is 0 Å². The number of alkyl halides is 1. The fourth-order valence-electron chi connectivity index (χ4n) is 22.3. The van der Waals surface area contributed by atoms with Crippen molar-refractivity contribution < 1.29 is 31.8 Å². The standard InChI is InChI=1S/C106H118F4N2O3/c1-9-69-29-51-85(52-30-69)113-61-17-15-19-71-25-33-75(34-26-71)105(77-41-37-73(38-42-77)103(3,4)5)93-23-13-11-21-87(93)89-55-45-79(63-95(89)105)111(81-49-59-97(107)99(109)65-81)83-47-57-91-92-58-48-84(68-102(92)115-101(91)67-83)112(82-50-60-98(108)100(110)66-82)80-46-56-90-88-22-12-14-24-94(88)106(96(90)64-80,78-43-39-74(40-44-78)104(6,7)8)76-35-27-72(28-36-76)20-16-18-62-114-86-53-31-70(10-2)32-54-86/h9-11,14,21,24-27,29-31,33,35-39,41-43,45,47-51,53,55,57-59,63-64,66,68,72,75,81,83,85,90-92,96,98,101-102H,1-2,12-13,15-20,22-23,28,32,34,40,44,46,52,54,56,60-62,65,67H2,3-8H3. The summed E-state index contributed by atoms with van der Waals surface area (Å²) in [5.74, 6) is -0.252. The Bertz CT molecular complexity index is 4930. The third kappa shape index (κ3) is 15.2. The van der Waals surface area contributed by atoms with E-state index in [0.29, 0.717) is 24.0 Å². The zero-order chi connectivity index (χ0) is 79.3. The smallest absolute Gasteiger partial charge is 0.155 e. The Balaban J connectivity index is 0.673. The van der Waals surface area contributed by atoms with Crippen molar-refractivity contribution in [3.05, 3.63) is 345 Å². The van der Waals surface area contributed by atoms with Crippen LogP contribution in [0.4, 0.5) is 23.2 Å². The quantitative estimate of drug-likeness (QED) is 0.0594. The fourth-order valence-corrected chi connectivity index (χ4v) is 22.3. The molecular formula is C106H118F4N2O3. The number of nitrogens with zero attached hydrogens (tertiary/aromatic N) is 2. The Labute approximate surface area is 683 Å². The first-order chi connectivity index (χ1) is 55.8. The van der Waals surface area contributed by atoms with Crippen molar-refractivity contribution in [3.8, 4) is 0 Å². The monoisotopic (exact) mass is 1540 g/mol. The number of fused-ring (bicyclic) bond motifs is 7. The molecule has 14 aliphatic carbocycles. The Kier molecular flexibility index (Phi) is 22.6. The molecule has 5 nitrogen and oxygen atoms in total. The topological polar surface area (TPSA) is 34.2 Å². The second kappa shape index (κ2) is 33.0. The van der Waals surface area contributed by atoms with Gasteiger partial charge in [0.05, 0.1) is 42.8 Å². The number of rotatable bonds is 24. The summed E-state index contributed by atoms with van der Waals surface area (Å²) in [6.45, 7) is 23.2. The lowest BCUT2D eigenvalue weighted by molar-refractivity contribution is 0.0483. The van der Waals surface area contributed by atoms with E-state index in [-0.39, 0.29) is 71.7 Å². The minimum Gasteiger partial charge on any atom is -0.498 e. The van der Waals surface area contributed by atoms with Crippen LogP contribution in [0.2, 0.25) is 0 Å². The van der Waals surface area contributed by atoms with Crippen LogP contribution >= 0.6 is 0 Å². The molecule has 0 spiro atoms. The first-order valence-electron chi connectivity index (χ1n) is 43.7. The van der Waals surface area contributed by atoms with Crippen molar-refractivity contribution in [2.75, 3.05) is 18.1 Å². The summed E-state index contributed by atoms with van der Waals surface area (Å²) in [5, 5.41) is 0. The largest absolute Gasteiger partial charge is 0.498 e. The number of anilines is 1. The summed E-state index contributed by atoms with van der Waals surface area (Å²) >= 11 is 0. The average molecular weight is 1540 g/mol. The van der Waals surface area contributed by atoms with E-state index in [2.05, 4.69) is 247 Å². The first kappa shape index (κ1) is 78.7. The molecule has 0 radical (unpaired) electrons. The maximum absolute atomic E-state index is 16.2. The van der Waals surface area contributed by atoms with E-state index in [0.717, 1.165) is 164 Å². The highest BCUT2D eigenvalue weighted by Gasteiger charge is 2.58. The van der Waals surface area contributed by atoms with Crippen LogP contribution in [0.1, 0.15) is 205 Å². The van der Waals surface area contributed by atoms with Crippen LogP contribution in [0, 0.1) is 46.3 Å². The van der Waals surface area contributed by atoms with Crippen LogP contribution in [0.15, 0.2) is 322 Å². The van der Waals surface area contributed by atoms with E-state index in [9.17, 15) is 0 Å². The lowest BCUT2D eigenvalue weighted by atomic mass is 9.57. The summed E-state index contributed by atoms with van der Waals surface area (Å²) < 4.78 is 83.5. The number of unbranched alkanes of at least 4 members (excludes halogenated alkanes) is 2. The normalized spacial score (nSPS) is 31.1. The predicted octanol–water partition coefficient (Wildman–Crippen LogP) is 27.1. The van der Waals surface area contributed by atoms with Crippen LogP contribution < -0.4 is 4.90 Å². The van der Waals surface area contributed by atoms with Gasteiger partial charge in [0, 0.05) is 77.2 Å². The van der Waals surface area contributed by atoms with Crippen LogP contribution in [0.3, 0.4) is 0 Å². The zero-order valence-corrected chi connectivity index (χ0v) is 68.7. The predicted molar refractivity (Wildman–Crippen MR) is 465 cm³/mol. The second-order valence-electron chi connectivity index (χ2n) is 37.1.